The first-order valence-electron chi connectivity index (χ1n) is 7.46. The molecule has 0 saturated carbocycles. The van der Waals surface area contributed by atoms with E-state index in [1.165, 1.54) is 0 Å². The van der Waals surface area contributed by atoms with E-state index < -0.39 is 5.54 Å². The fraction of sp³-hybridized carbons (Fsp3) is 0.438. The van der Waals surface area contributed by atoms with Gasteiger partial charge in [-0.05, 0) is 26.0 Å². The van der Waals surface area contributed by atoms with Gasteiger partial charge in [-0.1, -0.05) is 12.1 Å². The molecule has 0 spiro atoms. The lowest BCUT2D eigenvalue weighted by atomic mass is 10.1. The Hall–Kier alpha value is -1.86. The van der Waals surface area contributed by atoms with Crippen LogP contribution in [-0.4, -0.2) is 33.7 Å². The predicted molar refractivity (Wildman–Crippen MR) is 94.4 cm³/mol. The maximum absolute atomic E-state index is 11.9. The van der Waals surface area contributed by atoms with Crippen LogP contribution in [0, 0.1) is 0 Å². The number of carbonyl (C=O) groups excluding carboxylic acids is 1. The van der Waals surface area contributed by atoms with Crippen LogP contribution in [0.4, 0.5) is 0 Å². The Balaban J connectivity index is 1.81. The maximum atomic E-state index is 11.9. The zero-order valence-corrected chi connectivity index (χ0v) is 14.2. The zero-order valence-electron chi connectivity index (χ0n) is 13.4. The molecule has 2 rings (SSSR count). The summed E-state index contributed by atoms with van der Waals surface area (Å²) in [6.45, 7) is 4.18. The molecule has 1 aromatic carbocycles. The van der Waals surface area contributed by atoms with Gasteiger partial charge in [-0.2, -0.15) is 11.8 Å². The molecule has 0 saturated heterocycles. The molecule has 7 heteroatoms. The van der Waals surface area contributed by atoms with Gasteiger partial charge in [0.25, 0.3) is 5.56 Å². The second kappa shape index (κ2) is 7.61. The van der Waals surface area contributed by atoms with Crippen molar-refractivity contribution in [2.75, 3.05) is 12.3 Å². The van der Waals surface area contributed by atoms with Crippen molar-refractivity contribution in [1.82, 2.24) is 15.3 Å². The molecule has 0 atom stereocenters. The van der Waals surface area contributed by atoms with Crippen molar-refractivity contribution in [2.45, 2.75) is 31.6 Å². The van der Waals surface area contributed by atoms with E-state index in [1.807, 2.05) is 32.0 Å². The largest absolute Gasteiger partial charge is 0.354 e. The zero-order chi connectivity index (χ0) is 16.9. The minimum Gasteiger partial charge on any atom is -0.354 e. The van der Waals surface area contributed by atoms with Crippen LogP contribution in [0.3, 0.4) is 0 Å². The highest BCUT2D eigenvalue weighted by molar-refractivity contribution is 7.98. The lowest BCUT2D eigenvalue weighted by Crippen LogP contribution is -2.45. The summed E-state index contributed by atoms with van der Waals surface area (Å²) in [5, 5.41) is 3.39. The number of rotatable bonds is 7. The standard InChI is InChI=1S/C16H22N4O2S/c1-16(2,17)10-18-14(21)7-8-23-9-13-19-12-6-4-3-5-11(12)15(22)20-13/h3-6H,7-10,17H2,1-2H3,(H,18,21)(H,19,20,22). The number of para-hydroxylation sites is 1. The molecule has 1 amide bonds. The van der Waals surface area contributed by atoms with Gasteiger partial charge in [0.15, 0.2) is 0 Å². The van der Waals surface area contributed by atoms with E-state index in [1.54, 1.807) is 17.8 Å². The van der Waals surface area contributed by atoms with E-state index in [0.29, 0.717) is 41.2 Å². The number of H-pyrrole nitrogens is 1. The maximum Gasteiger partial charge on any atom is 0.258 e. The summed E-state index contributed by atoms with van der Waals surface area (Å²) in [5.74, 6) is 1.83. The van der Waals surface area contributed by atoms with E-state index in [4.69, 9.17) is 5.73 Å². The monoisotopic (exact) mass is 334 g/mol. The number of aromatic amines is 1. The van der Waals surface area contributed by atoms with Crippen LogP contribution in [0.2, 0.25) is 0 Å². The lowest BCUT2D eigenvalue weighted by Gasteiger charge is -2.18. The summed E-state index contributed by atoms with van der Waals surface area (Å²) in [6.07, 6.45) is 0.415. The van der Waals surface area contributed by atoms with Crippen LogP contribution in [0.1, 0.15) is 26.1 Å². The Labute approximate surface area is 139 Å². The van der Waals surface area contributed by atoms with Gasteiger partial charge < -0.3 is 16.0 Å². The summed E-state index contributed by atoms with van der Waals surface area (Å²) in [6, 6.07) is 7.24. The summed E-state index contributed by atoms with van der Waals surface area (Å²) < 4.78 is 0. The molecular weight excluding hydrogens is 312 g/mol. The van der Waals surface area contributed by atoms with Crippen LogP contribution < -0.4 is 16.6 Å². The van der Waals surface area contributed by atoms with Gasteiger partial charge in [0.2, 0.25) is 5.91 Å². The van der Waals surface area contributed by atoms with Gasteiger partial charge in [0, 0.05) is 24.3 Å². The third-order valence-corrected chi connectivity index (χ3v) is 4.09. The van der Waals surface area contributed by atoms with Crippen LogP contribution >= 0.6 is 11.8 Å². The van der Waals surface area contributed by atoms with Gasteiger partial charge in [-0.25, -0.2) is 4.98 Å². The van der Waals surface area contributed by atoms with Crippen molar-refractivity contribution >= 4 is 28.6 Å². The molecular formula is C16H22N4O2S. The summed E-state index contributed by atoms with van der Waals surface area (Å²) in [7, 11) is 0. The fourth-order valence-corrected chi connectivity index (χ4v) is 2.76. The number of nitrogens with two attached hydrogens (primary N) is 1. The molecule has 0 bridgehead atoms. The Bertz CT molecular complexity index is 737. The first-order valence-corrected chi connectivity index (χ1v) is 8.62. The molecule has 0 fully saturated rings. The van der Waals surface area contributed by atoms with E-state index >= 15 is 0 Å². The highest BCUT2D eigenvalue weighted by Crippen LogP contribution is 2.12. The van der Waals surface area contributed by atoms with Crippen LogP contribution in [0.25, 0.3) is 10.9 Å². The van der Waals surface area contributed by atoms with Crippen molar-refractivity contribution in [3.63, 3.8) is 0 Å². The van der Waals surface area contributed by atoms with Crippen molar-refractivity contribution in [3.05, 3.63) is 40.4 Å². The normalized spacial score (nSPS) is 11.6. The highest BCUT2D eigenvalue weighted by atomic mass is 32.2. The smallest absolute Gasteiger partial charge is 0.258 e. The van der Waals surface area contributed by atoms with Crippen LogP contribution in [0.5, 0.6) is 0 Å². The number of benzene rings is 1. The molecule has 2 aromatic rings. The average molecular weight is 334 g/mol. The summed E-state index contributed by atoms with van der Waals surface area (Å²) in [5.41, 5.74) is 5.97. The minimum absolute atomic E-state index is 0.0176. The summed E-state index contributed by atoms with van der Waals surface area (Å²) >= 11 is 1.56. The molecule has 4 N–H and O–H groups in total. The lowest BCUT2D eigenvalue weighted by molar-refractivity contribution is -0.120. The van der Waals surface area contributed by atoms with Crippen molar-refractivity contribution in [1.29, 1.82) is 0 Å². The van der Waals surface area contributed by atoms with Crippen molar-refractivity contribution < 1.29 is 4.79 Å². The third-order valence-electron chi connectivity index (χ3n) is 3.12. The fourth-order valence-electron chi connectivity index (χ4n) is 1.95. The number of hydrogen-bond donors (Lipinski definition) is 3. The number of amides is 1. The van der Waals surface area contributed by atoms with E-state index in [-0.39, 0.29) is 11.5 Å². The number of carbonyl (C=O) groups is 1. The molecule has 1 heterocycles. The number of nitrogens with one attached hydrogen (secondary N) is 2. The second-order valence-corrected chi connectivity index (χ2v) is 7.20. The third kappa shape index (κ3) is 5.69. The van der Waals surface area contributed by atoms with Gasteiger partial charge in [0.05, 0.1) is 16.7 Å². The molecule has 23 heavy (non-hydrogen) atoms. The minimum atomic E-state index is -0.405. The van der Waals surface area contributed by atoms with E-state index in [9.17, 15) is 9.59 Å². The quantitative estimate of drug-likeness (QED) is 0.665. The Morgan fingerprint density at radius 3 is 2.87 bits per heavy atom. The number of aromatic nitrogens is 2. The Morgan fingerprint density at radius 2 is 2.13 bits per heavy atom. The van der Waals surface area contributed by atoms with Crippen molar-refractivity contribution in [3.8, 4) is 0 Å². The van der Waals surface area contributed by atoms with Crippen molar-refractivity contribution in [2.24, 2.45) is 5.73 Å². The number of thioether (sulfide) groups is 1. The molecule has 1 aromatic heterocycles. The number of hydrogen-bond acceptors (Lipinski definition) is 5. The molecule has 0 unspecified atom stereocenters. The molecule has 6 nitrogen and oxygen atoms in total. The molecule has 124 valence electrons. The predicted octanol–water partition coefficient (Wildman–Crippen LogP) is 1.40. The summed E-state index contributed by atoms with van der Waals surface area (Å²) in [4.78, 5) is 30.8. The topological polar surface area (TPSA) is 101 Å². The SMILES string of the molecule is CC(C)(N)CNC(=O)CCSCc1nc2ccccc2c(=O)[nH]1. The molecule has 0 aliphatic rings. The molecule has 0 aliphatic heterocycles. The van der Waals surface area contributed by atoms with Gasteiger partial charge in [-0.15, -0.1) is 0 Å². The van der Waals surface area contributed by atoms with Gasteiger partial charge in [-0.3, -0.25) is 9.59 Å². The second-order valence-electron chi connectivity index (χ2n) is 6.10. The van der Waals surface area contributed by atoms with Crippen LogP contribution in [0.15, 0.2) is 29.1 Å². The van der Waals surface area contributed by atoms with E-state index in [0.717, 1.165) is 0 Å². The average Bonchev–Trinajstić information content (AvgIpc) is 2.49. The Kier molecular flexibility index (Phi) is 5.79. The van der Waals surface area contributed by atoms with Gasteiger partial charge >= 0.3 is 0 Å². The molecule has 0 aliphatic carbocycles. The molecule has 0 radical (unpaired) electrons. The number of nitrogens with zero attached hydrogens (tertiary/aromatic N) is 1. The number of fused-ring (bicyclic) bond motifs is 1. The van der Waals surface area contributed by atoms with Crippen LogP contribution in [-0.2, 0) is 10.5 Å². The Morgan fingerprint density at radius 1 is 1.39 bits per heavy atom. The highest BCUT2D eigenvalue weighted by Gasteiger charge is 2.12. The first kappa shape index (κ1) is 17.5. The van der Waals surface area contributed by atoms with E-state index in [2.05, 4.69) is 15.3 Å². The first-order chi connectivity index (χ1) is 10.8. The van der Waals surface area contributed by atoms with Gasteiger partial charge in [0.1, 0.15) is 5.82 Å².